The van der Waals surface area contributed by atoms with Crippen LogP contribution >= 0.6 is 15.9 Å². The maximum absolute atomic E-state index is 12.2. The van der Waals surface area contributed by atoms with Crippen molar-refractivity contribution in [2.75, 3.05) is 11.9 Å². The van der Waals surface area contributed by atoms with Crippen molar-refractivity contribution in [3.63, 3.8) is 0 Å². The molecule has 1 amide bonds. The summed E-state index contributed by atoms with van der Waals surface area (Å²) in [5, 5.41) is 1.01. The Balaban J connectivity index is 1.80. The average molecular weight is 288 g/mol. The predicted molar refractivity (Wildman–Crippen MR) is 69.7 cm³/mol. The summed E-state index contributed by atoms with van der Waals surface area (Å²) in [6.07, 6.45) is 9.59. The molecular formula is C13H22BrNO. The Morgan fingerprint density at radius 1 is 1.19 bits per heavy atom. The van der Waals surface area contributed by atoms with Gasteiger partial charge in [0.1, 0.15) is 0 Å². The molecule has 2 saturated carbocycles. The Morgan fingerprint density at radius 3 is 2.31 bits per heavy atom. The summed E-state index contributed by atoms with van der Waals surface area (Å²) >= 11 is 3.45. The van der Waals surface area contributed by atoms with Gasteiger partial charge in [0.25, 0.3) is 0 Å². The molecule has 0 aromatic rings. The van der Waals surface area contributed by atoms with E-state index in [1.54, 1.807) is 0 Å². The monoisotopic (exact) mass is 287 g/mol. The Hall–Kier alpha value is -0.0500. The topological polar surface area (TPSA) is 20.3 Å². The van der Waals surface area contributed by atoms with Crippen LogP contribution in [0.15, 0.2) is 0 Å². The van der Waals surface area contributed by atoms with Crippen LogP contribution in [0.25, 0.3) is 0 Å². The first kappa shape index (κ1) is 12.4. The first-order valence-electron chi connectivity index (χ1n) is 6.66. The van der Waals surface area contributed by atoms with E-state index in [1.165, 1.54) is 38.5 Å². The Kier molecular flexibility index (Phi) is 4.68. The molecule has 92 valence electrons. The van der Waals surface area contributed by atoms with Crippen molar-refractivity contribution in [3.05, 3.63) is 0 Å². The maximum Gasteiger partial charge on any atom is 0.223 e. The van der Waals surface area contributed by atoms with Gasteiger partial charge in [-0.05, 0) is 44.4 Å². The van der Waals surface area contributed by atoms with Crippen LogP contribution in [0, 0.1) is 5.92 Å². The third kappa shape index (κ3) is 2.99. The second kappa shape index (κ2) is 6.04. The van der Waals surface area contributed by atoms with E-state index in [2.05, 4.69) is 20.8 Å². The number of carbonyl (C=O) groups excluding carboxylic acids is 1. The molecule has 0 N–H and O–H groups in total. The molecule has 0 heterocycles. The van der Waals surface area contributed by atoms with Crippen molar-refractivity contribution in [2.24, 2.45) is 5.92 Å². The molecular weight excluding hydrogens is 266 g/mol. The molecule has 0 aromatic carbocycles. The number of rotatable bonds is 6. The van der Waals surface area contributed by atoms with Crippen molar-refractivity contribution in [1.29, 1.82) is 0 Å². The third-order valence-corrected chi connectivity index (χ3v) is 4.62. The fraction of sp³-hybridized carbons (Fsp3) is 0.923. The zero-order valence-corrected chi connectivity index (χ0v) is 11.5. The molecule has 0 aliphatic heterocycles. The molecule has 2 aliphatic rings. The van der Waals surface area contributed by atoms with Gasteiger partial charge in [0.15, 0.2) is 0 Å². The van der Waals surface area contributed by atoms with Crippen molar-refractivity contribution >= 4 is 21.8 Å². The van der Waals surface area contributed by atoms with Crippen LogP contribution in [0.1, 0.15) is 51.4 Å². The quantitative estimate of drug-likeness (QED) is 0.686. The van der Waals surface area contributed by atoms with Gasteiger partial charge < -0.3 is 4.90 Å². The largest absolute Gasteiger partial charge is 0.340 e. The van der Waals surface area contributed by atoms with Crippen LogP contribution in [0.2, 0.25) is 0 Å². The van der Waals surface area contributed by atoms with Crippen LogP contribution in [-0.4, -0.2) is 28.7 Å². The Labute approximate surface area is 107 Å². The number of halogens is 1. The van der Waals surface area contributed by atoms with Gasteiger partial charge in [-0.25, -0.2) is 0 Å². The molecule has 2 nitrogen and oxygen atoms in total. The van der Waals surface area contributed by atoms with Crippen molar-refractivity contribution < 1.29 is 4.79 Å². The van der Waals surface area contributed by atoms with Crippen molar-refractivity contribution in [1.82, 2.24) is 4.90 Å². The number of hydrogen-bond acceptors (Lipinski definition) is 1. The van der Waals surface area contributed by atoms with E-state index >= 15 is 0 Å². The Morgan fingerprint density at radius 2 is 1.88 bits per heavy atom. The van der Waals surface area contributed by atoms with Crippen molar-refractivity contribution in [3.8, 4) is 0 Å². The van der Waals surface area contributed by atoms with E-state index in [0.717, 1.165) is 24.7 Å². The number of hydrogen-bond donors (Lipinski definition) is 0. The fourth-order valence-corrected chi connectivity index (χ4v) is 2.75. The fourth-order valence-electron chi connectivity index (χ4n) is 2.50. The van der Waals surface area contributed by atoms with Crippen LogP contribution in [0.3, 0.4) is 0 Å². The molecule has 0 aromatic heterocycles. The smallest absolute Gasteiger partial charge is 0.223 e. The molecule has 0 atom stereocenters. The predicted octanol–water partition coefficient (Wildman–Crippen LogP) is 3.34. The minimum Gasteiger partial charge on any atom is -0.340 e. The highest BCUT2D eigenvalue weighted by molar-refractivity contribution is 9.09. The number of nitrogens with zero attached hydrogens (tertiary/aromatic N) is 1. The molecule has 2 fully saturated rings. The molecule has 0 bridgehead atoms. The van der Waals surface area contributed by atoms with E-state index in [-0.39, 0.29) is 0 Å². The lowest BCUT2D eigenvalue weighted by Gasteiger charge is -2.39. The number of alkyl halides is 1. The first-order chi connectivity index (χ1) is 7.81. The first-order valence-corrected chi connectivity index (χ1v) is 7.79. The SMILES string of the molecule is O=C(CC1CCC1)N(CCCBr)C1CCC1. The van der Waals surface area contributed by atoms with E-state index in [1.807, 2.05) is 0 Å². The lowest BCUT2D eigenvalue weighted by atomic mass is 9.82. The summed E-state index contributed by atoms with van der Waals surface area (Å²) in [5.74, 6) is 1.13. The van der Waals surface area contributed by atoms with Gasteiger partial charge >= 0.3 is 0 Å². The van der Waals surface area contributed by atoms with Gasteiger partial charge in [0.2, 0.25) is 5.91 Å². The molecule has 0 saturated heterocycles. The minimum absolute atomic E-state index is 0.426. The standard InChI is InChI=1S/C13H22BrNO/c14-8-3-9-15(12-6-2-7-12)13(16)10-11-4-1-5-11/h11-12H,1-10H2. The van der Waals surface area contributed by atoms with Crippen molar-refractivity contribution in [2.45, 2.75) is 57.4 Å². The summed E-state index contributed by atoms with van der Waals surface area (Å²) in [6.45, 7) is 0.960. The van der Waals surface area contributed by atoms with Gasteiger partial charge in [0.05, 0.1) is 0 Å². The molecule has 16 heavy (non-hydrogen) atoms. The van der Waals surface area contributed by atoms with E-state index in [0.29, 0.717) is 17.9 Å². The van der Waals surface area contributed by atoms with Crippen LogP contribution in [-0.2, 0) is 4.79 Å². The summed E-state index contributed by atoms with van der Waals surface area (Å²) in [4.78, 5) is 14.4. The highest BCUT2D eigenvalue weighted by Crippen LogP contribution is 2.32. The average Bonchev–Trinajstić information content (AvgIpc) is 2.14. The molecule has 0 radical (unpaired) electrons. The highest BCUT2D eigenvalue weighted by Gasteiger charge is 2.30. The molecule has 0 unspecified atom stereocenters. The third-order valence-electron chi connectivity index (χ3n) is 4.06. The van der Waals surface area contributed by atoms with Gasteiger partial charge in [-0.15, -0.1) is 0 Å². The highest BCUT2D eigenvalue weighted by atomic mass is 79.9. The van der Waals surface area contributed by atoms with Gasteiger partial charge in [-0.2, -0.15) is 0 Å². The van der Waals surface area contributed by atoms with E-state index < -0.39 is 0 Å². The van der Waals surface area contributed by atoms with E-state index in [9.17, 15) is 4.79 Å². The summed E-state index contributed by atoms with van der Waals surface area (Å²) < 4.78 is 0. The van der Waals surface area contributed by atoms with Crippen LogP contribution in [0.5, 0.6) is 0 Å². The maximum atomic E-state index is 12.2. The number of carbonyl (C=O) groups is 1. The summed E-state index contributed by atoms with van der Waals surface area (Å²) in [5.41, 5.74) is 0. The molecule has 2 aliphatic carbocycles. The Bertz CT molecular complexity index is 236. The number of amides is 1. The second-order valence-electron chi connectivity index (χ2n) is 5.22. The second-order valence-corrected chi connectivity index (χ2v) is 6.01. The van der Waals surface area contributed by atoms with E-state index in [4.69, 9.17) is 0 Å². The molecule has 2 rings (SSSR count). The molecule has 3 heteroatoms. The van der Waals surface area contributed by atoms with Crippen LogP contribution < -0.4 is 0 Å². The van der Waals surface area contributed by atoms with Crippen LogP contribution in [0.4, 0.5) is 0 Å². The minimum atomic E-state index is 0.426. The lowest BCUT2D eigenvalue weighted by Crippen LogP contribution is -2.45. The normalized spacial score (nSPS) is 21.3. The zero-order chi connectivity index (χ0) is 11.4. The van der Waals surface area contributed by atoms with Gasteiger partial charge in [-0.3, -0.25) is 4.79 Å². The zero-order valence-electron chi connectivity index (χ0n) is 9.96. The van der Waals surface area contributed by atoms with Gasteiger partial charge in [-0.1, -0.05) is 22.4 Å². The summed E-state index contributed by atoms with van der Waals surface area (Å²) in [6, 6.07) is 0.576. The molecule has 0 spiro atoms. The lowest BCUT2D eigenvalue weighted by molar-refractivity contribution is -0.136. The van der Waals surface area contributed by atoms with Gasteiger partial charge in [0, 0.05) is 24.3 Å². The summed E-state index contributed by atoms with van der Waals surface area (Å²) in [7, 11) is 0.